The number of allylic oxidation sites excluding steroid dienone is 4. The van der Waals surface area contributed by atoms with Crippen molar-refractivity contribution in [1.82, 2.24) is 10.2 Å². The third-order valence-electron chi connectivity index (χ3n) is 5.59. The maximum Gasteiger partial charge on any atom is 0.446 e. The molecule has 0 aliphatic heterocycles. The lowest BCUT2D eigenvalue weighted by molar-refractivity contribution is -0.138. The molecule has 2 amide bonds. The van der Waals surface area contributed by atoms with Gasteiger partial charge in [0.25, 0.3) is 0 Å². The number of urea groups is 1. The molecule has 1 aromatic carbocycles. The van der Waals surface area contributed by atoms with E-state index in [1.807, 2.05) is 39.0 Å². The van der Waals surface area contributed by atoms with E-state index in [9.17, 15) is 27.9 Å². The van der Waals surface area contributed by atoms with E-state index in [0.29, 0.717) is 31.5 Å². The number of likely N-dealkylation sites (N-methyl/N-ethyl adjacent to an activating group) is 1. The zero-order valence-electron chi connectivity index (χ0n) is 21.1. The van der Waals surface area contributed by atoms with Crippen molar-refractivity contribution in [2.75, 3.05) is 6.54 Å². The van der Waals surface area contributed by atoms with Crippen LogP contribution >= 0.6 is 23.5 Å². The summed E-state index contributed by atoms with van der Waals surface area (Å²) < 4.78 is 36.9. The number of fused-ring (bicyclic) bond motifs is 1. The number of halogens is 3. The number of rotatable bonds is 7. The van der Waals surface area contributed by atoms with Gasteiger partial charge in [0.2, 0.25) is 0 Å². The third kappa shape index (κ3) is 8.37. The fourth-order valence-corrected chi connectivity index (χ4v) is 5.45. The van der Waals surface area contributed by atoms with E-state index < -0.39 is 16.2 Å². The lowest BCUT2D eigenvalue weighted by Gasteiger charge is -2.28. The number of nitrogens with zero attached hydrogens (tertiary/aromatic N) is 1. The molecule has 2 N–H and O–H groups in total. The summed E-state index contributed by atoms with van der Waals surface area (Å²) in [6.45, 7) is 9.69. The predicted octanol–water partition coefficient (Wildman–Crippen LogP) is 7.15. The van der Waals surface area contributed by atoms with Gasteiger partial charge in [0, 0.05) is 34.5 Å². The largest absolute Gasteiger partial charge is 0.480 e. The number of hydrogen-bond acceptors (Lipinski definition) is 4. The molecule has 10 heteroatoms. The molecule has 2 aliphatic carbocycles. The summed E-state index contributed by atoms with van der Waals surface area (Å²) in [7, 11) is 0. The Morgan fingerprint density at radius 2 is 1.78 bits per heavy atom. The van der Waals surface area contributed by atoms with E-state index in [2.05, 4.69) is 5.32 Å². The Balaban J connectivity index is 0.00000222. The minimum atomic E-state index is -4.37. The molecular weight excluding hydrogens is 509 g/mol. The van der Waals surface area contributed by atoms with Crippen LogP contribution in [0.5, 0.6) is 0 Å². The van der Waals surface area contributed by atoms with Crippen molar-refractivity contribution in [2.45, 2.75) is 75.1 Å². The average Bonchev–Trinajstić information content (AvgIpc) is 3.08. The Labute approximate surface area is 219 Å². The van der Waals surface area contributed by atoms with Gasteiger partial charge in [-0.3, -0.25) is 4.79 Å². The summed E-state index contributed by atoms with van der Waals surface area (Å²) in [6, 6.07) is 5.56. The van der Waals surface area contributed by atoms with E-state index in [0.717, 1.165) is 16.0 Å². The van der Waals surface area contributed by atoms with E-state index in [1.54, 1.807) is 24.8 Å². The highest BCUT2D eigenvalue weighted by Crippen LogP contribution is 2.38. The maximum absolute atomic E-state index is 13.0. The van der Waals surface area contributed by atoms with Crippen molar-refractivity contribution in [1.29, 1.82) is 0 Å². The third-order valence-corrected chi connectivity index (χ3v) is 7.50. The van der Waals surface area contributed by atoms with Gasteiger partial charge in [-0.25, -0.2) is 4.79 Å². The Morgan fingerprint density at radius 1 is 1.11 bits per heavy atom. The number of amides is 2. The zero-order valence-corrected chi connectivity index (χ0v) is 22.7. The van der Waals surface area contributed by atoms with Gasteiger partial charge < -0.3 is 15.3 Å². The number of hydrogen-bond donors (Lipinski definition) is 2. The summed E-state index contributed by atoms with van der Waals surface area (Å²) in [5.74, 6) is -0.883. The molecule has 0 heterocycles. The molecule has 2 aliphatic rings. The Kier molecular flexibility index (Phi) is 10.6. The van der Waals surface area contributed by atoms with Crippen LogP contribution in [0.2, 0.25) is 0 Å². The number of aliphatic carboxylic acids is 1. The normalized spacial score (nSPS) is 17.2. The topological polar surface area (TPSA) is 69.6 Å². The Morgan fingerprint density at radius 3 is 2.39 bits per heavy atom. The van der Waals surface area contributed by atoms with Gasteiger partial charge in [0.05, 0.1) is 0 Å². The van der Waals surface area contributed by atoms with Crippen LogP contribution in [0.15, 0.2) is 58.0 Å². The van der Waals surface area contributed by atoms with Gasteiger partial charge in [0.1, 0.15) is 4.75 Å². The first kappa shape index (κ1) is 29.9. The minimum absolute atomic E-state index is 0.0541. The van der Waals surface area contributed by atoms with Gasteiger partial charge in [-0.2, -0.15) is 13.2 Å². The second-order valence-corrected chi connectivity index (χ2v) is 11.4. The highest BCUT2D eigenvalue weighted by molar-refractivity contribution is 8.04. The van der Waals surface area contributed by atoms with Gasteiger partial charge in [-0.1, -0.05) is 32.1 Å². The molecule has 198 valence electrons. The monoisotopic (exact) mass is 542 g/mol. The molecule has 36 heavy (non-hydrogen) atoms. The quantitative estimate of drug-likeness (QED) is 0.358. The van der Waals surface area contributed by atoms with E-state index in [1.165, 1.54) is 30.0 Å². The first-order valence-corrected chi connectivity index (χ1v) is 13.5. The molecule has 0 saturated carbocycles. The molecule has 0 radical (unpaired) electrons. The van der Waals surface area contributed by atoms with E-state index in [-0.39, 0.29) is 28.7 Å². The Hall–Kier alpha value is -2.33. The smallest absolute Gasteiger partial charge is 0.446 e. The number of thioether (sulfide) groups is 2. The number of carboxylic acid groups (broad SMARTS) is 1. The van der Waals surface area contributed by atoms with Crippen LogP contribution in [-0.2, 0) is 17.6 Å². The molecule has 5 nitrogen and oxygen atoms in total. The van der Waals surface area contributed by atoms with Gasteiger partial charge in [-0.15, -0.1) is 11.8 Å². The molecule has 0 fully saturated rings. The number of carboxylic acids is 1. The summed E-state index contributed by atoms with van der Waals surface area (Å²) in [5, 5.41) is 12.2. The standard InChI is InChI=1S/C24H27F3N2O3S2.C2H6/c1-4-29(22(32)28-17-6-5-7-19(11-9-17)34-24(25,26)27)18-12-15-8-10-20(14-16(15)13-18)33-23(2,3)21(30)31;1-2/h5,7-11,14,18H,4,6,12-13H2,1-3H3,(H,28,32)(H,30,31);1-2H3. The van der Waals surface area contributed by atoms with Crippen LogP contribution in [0, 0.1) is 0 Å². The Bertz CT molecular complexity index is 1050. The molecule has 3 rings (SSSR count). The molecule has 1 unspecified atom stereocenters. The molecule has 1 aromatic rings. The van der Waals surface area contributed by atoms with Crippen LogP contribution in [0.4, 0.5) is 18.0 Å². The summed E-state index contributed by atoms with van der Waals surface area (Å²) in [6.07, 6.45) is 7.54. The predicted molar refractivity (Wildman–Crippen MR) is 141 cm³/mol. The molecule has 0 aromatic heterocycles. The van der Waals surface area contributed by atoms with Gasteiger partial charge in [0.15, 0.2) is 0 Å². The highest BCUT2D eigenvalue weighted by atomic mass is 32.2. The number of nitrogens with one attached hydrogen (secondary N) is 1. The van der Waals surface area contributed by atoms with Gasteiger partial charge in [-0.05, 0) is 80.8 Å². The lowest BCUT2D eigenvalue weighted by Crippen LogP contribution is -2.46. The second-order valence-electron chi connectivity index (χ2n) is 8.54. The summed E-state index contributed by atoms with van der Waals surface area (Å²) >= 11 is 1.10. The van der Waals surface area contributed by atoms with Crippen molar-refractivity contribution in [3.8, 4) is 0 Å². The van der Waals surface area contributed by atoms with Crippen LogP contribution in [0.25, 0.3) is 0 Å². The van der Waals surface area contributed by atoms with Crippen molar-refractivity contribution >= 4 is 35.5 Å². The molecular formula is C26H33F3N2O3S2. The molecule has 0 bridgehead atoms. The maximum atomic E-state index is 13.0. The molecule has 0 saturated heterocycles. The fraction of sp³-hybridized carbons (Fsp3) is 0.462. The SMILES string of the molecule is CC.CCN(C(=O)NC1=CC=C(SC(F)(F)F)C=CC1)C1Cc2ccc(SC(C)(C)C(=O)O)cc2C1. The highest BCUT2D eigenvalue weighted by Gasteiger charge is 2.32. The van der Waals surface area contributed by atoms with Crippen LogP contribution in [0.1, 0.15) is 52.2 Å². The molecule has 0 spiro atoms. The van der Waals surface area contributed by atoms with Crippen molar-refractivity contribution in [3.05, 3.63) is 64.2 Å². The zero-order chi connectivity index (χ0) is 27.1. The van der Waals surface area contributed by atoms with Crippen LogP contribution in [-0.4, -0.2) is 44.8 Å². The first-order valence-electron chi connectivity index (χ1n) is 11.8. The van der Waals surface area contributed by atoms with Gasteiger partial charge >= 0.3 is 17.5 Å². The number of benzene rings is 1. The van der Waals surface area contributed by atoms with E-state index in [4.69, 9.17) is 0 Å². The summed E-state index contributed by atoms with van der Waals surface area (Å²) in [4.78, 5) is 27.1. The average molecular weight is 543 g/mol. The minimum Gasteiger partial charge on any atom is -0.480 e. The molecule has 1 atom stereocenters. The number of alkyl halides is 3. The fourth-order valence-electron chi connectivity index (χ4n) is 3.87. The lowest BCUT2D eigenvalue weighted by atomic mass is 10.1. The van der Waals surface area contributed by atoms with E-state index >= 15 is 0 Å². The van der Waals surface area contributed by atoms with Crippen LogP contribution < -0.4 is 5.32 Å². The number of carbonyl (C=O) groups excluding carboxylic acids is 1. The van der Waals surface area contributed by atoms with Crippen molar-refractivity contribution in [2.24, 2.45) is 0 Å². The summed E-state index contributed by atoms with van der Waals surface area (Å²) in [5.41, 5.74) is -1.61. The van der Waals surface area contributed by atoms with Crippen molar-refractivity contribution in [3.63, 3.8) is 0 Å². The van der Waals surface area contributed by atoms with Crippen molar-refractivity contribution < 1.29 is 27.9 Å². The van der Waals surface area contributed by atoms with Crippen LogP contribution in [0.3, 0.4) is 0 Å². The first-order chi connectivity index (χ1) is 16.9. The number of carbonyl (C=O) groups is 2. The second kappa shape index (κ2) is 12.8.